The number of nitrogens with zero attached hydrogens (tertiary/aromatic N) is 1. The zero-order chi connectivity index (χ0) is 13.5. The van der Waals surface area contributed by atoms with E-state index >= 15 is 0 Å². The van der Waals surface area contributed by atoms with Crippen LogP contribution < -0.4 is 10.1 Å². The topological polar surface area (TPSA) is 51.2 Å². The van der Waals surface area contributed by atoms with E-state index in [1.54, 1.807) is 6.20 Å². The molecule has 0 radical (unpaired) electrons. The lowest BCUT2D eigenvalue weighted by atomic mass is 10.2. The number of rotatable bonds is 6. The van der Waals surface area contributed by atoms with Gasteiger partial charge in [-0.15, -0.1) is 11.6 Å². The molecule has 19 heavy (non-hydrogen) atoms. The summed E-state index contributed by atoms with van der Waals surface area (Å²) in [6.07, 6.45) is 2.47. The Balaban J connectivity index is 1.86. The maximum absolute atomic E-state index is 10.9. The molecule has 1 heterocycles. The van der Waals surface area contributed by atoms with Crippen LogP contribution in [-0.4, -0.2) is 29.9 Å². The van der Waals surface area contributed by atoms with Crippen LogP contribution in [0.15, 0.2) is 36.5 Å². The number of fused-ring (bicyclic) bond motifs is 1. The van der Waals surface area contributed by atoms with Gasteiger partial charge in [0.25, 0.3) is 0 Å². The normalized spacial score (nSPS) is 10.4. The first kappa shape index (κ1) is 13.6. The summed E-state index contributed by atoms with van der Waals surface area (Å²) in [5.41, 5.74) is 0.856. The molecule has 0 fully saturated rings. The molecule has 4 nitrogen and oxygen atoms in total. The molecule has 0 aliphatic rings. The lowest BCUT2D eigenvalue weighted by Crippen LogP contribution is -2.26. The largest absolute Gasteiger partial charge is 0.491 e. The Morgan fingerprint density at radius 3 is 3.00 bits per heavy atom. The Bertz CT molecular complexity index is 555. The molecular weight excluding hydrogens is 264 g/mol. The monoisotopic (exact) mass is 278 g/mol. The number of hydrogen-bond donors (Lipinski definition) is 1. The van der Waals surface area contributed by atoms with Gasteiger partial charge in [0.05, 0.1) is 6.61 Å². The Morgan fingerprint density at radius 1 is 1.32 bits per heavy atom. The summed E-state index contributed by atoms with van der Waals surface area (Å²) in [6, 6.07) is 9.72. The fraction of sp³-hybridized carbons (Fsp3) is 0.286. The van der Waals surface area contributed by atoms with Gasteiger partial charge in [0.2, 0.25) is 5.91 Å². The zero-order valence-electron chi connectivity index (χ0n) is 10.4. The predicted molar refractivity (Wildman–Crippen MR) is 75.6 cm³/mol. The minimum Gasteiger partial charge on any atom is -0.491 e. The van der Waals surface area contributed by atoms with Crippen LogP contribution in [-0.2, 0) is 4.79 Å². The maximum Gasteiger partial charge on any atom is 0.234 e. The lowest BCUT2D eigenvalue weighted by Gasteiger charge is -2.08. The molecule has 5 heteroatoms. The number of carbonyl (C=O) groups excluding carboxylic acids is 1. The number of pyridine rings is 1. The molecule has 0 spiro atoms. The van der Waals surface area contributed by atoms with Crippen molar-refractivity contribution in [3.8, 4) is 5.75 Å². The number of aromatic nitrogens is 1. The van der Waals surface area contributed by atoms with E-state index in [2.05, 4.69) is 10.3 Å². The maximum atomic E-state index is 10.9. The van der Waals surface area contributed by atoms with E-state index in [0.29, 0.717) is 13.2 Å². The van der Waals surface area contributed by atoms with Gasteiger partial charge >= 0.3 is 0 Å². The second-order valence-electron chi connectivity index (χ2n) is 4.02. The summed E-state index contributed by atoms with van der Waals surface area (Å²) in [4.78, 5) is 15.2. The number of amides is 1. The molecule has 2 aromatic rings. The van der Waals surface area contributed by atoms with Gasteiger partial charge in [-0.2, -0.15) is 0 Å². The highest BCUT2D eigenvalue weighted by Gasteiger charge is 2.02. The number of ether oxygens (including phenoxy) is 1. The third kappa shape index (κ3) is 3.83. The van der Waals surface area contributed by atoms with Gasteiger partial charge < -0.3 is 10.1 Å². The quantitative estimate of drug-likeness (QED) is 0.652. The molecule has 1 aromatic heterocycles. The highest BCUT2D eigenvalue weighted by Crippen LogP contribution is 2.22. The van der Waals surface area contributed by atoms with Crippen molar-refractivity contribution in [1.82, 2.24) is 10.3 Å². The van der Waals surface area contributed by atoms with E-state index in [0.717, 1.165) is 23.1 Å². The highest BCUT2D eigenvalue weighted by molar-refractivity contribution is 6.27. The molecule has 0 atom stereocenters. The van der Waals surface area contributed by atoms with E-state index in [1.165, 1.54) is 0 Å². The third-order valence-corrected chi connectivity index (χ3v) is 2.86. The van der Waals surface area contributed by atoms with E-state index in [4.69, 9.17) is 16.3 Å². The number of alkyl halides is 1. The van der Waals surface area contributed by atoms with Crippen LogP contribution in [0.1, 0.15) is 6.42 Å². The minimum atomic E-state index is -0.159. The summed E-state index contributed by atoms with van der Waals surface area (Å²) in [7, 11) is 0. The third-order valence-electron chi connectivity index (χ3n) is 2.62. The van der Waals surface area contributed by atoms with Crippen LogP contribution >= 0.6 is 11.6 Å². The van der Waals surface area contributed by atoms with Crippen LogP contribution in [0, 0.1) is 0 Å². The van der Waals surface area contributed by atoms with Gasteiger partial charge in [-0.3, -0.25) is 9.78 Å². The van der Waals surface area contributed by atoms with Crippen LogP contribution in [0.4, 0.5) is 0 Å². The van der Waals surface area contributed by atoms with Crippen molar-refractivity contribution in [3.05, 3.63) is 36.5 Å². The summed E-state index contributed by atoms with van der Waals surface area (Å²) in [5, 5.41) is 3.74. The Morgan fingerprint density at radius 2 is 2.16 bits per heavy atom. The summed E-state index contributed by atoms with van der Waals surface area (Å²) in [6.45, 7) is 1.09. The lowest BCUT2D eigenvalue weighted by molar-refractivity contribution is -0.118. The second kappa shape index (κ2) is 6.95. The first-order chi connectivity index (χ1) is 9.31. The molecule has 1 aromatic carbocycles. The van der Waals surface area contributed by atoms with E-state index in [-0.39, 0.29) is 11.8 Å². The number of benzene rings is 1. The first-order valence-electron chi connectivity index (χ1n) is 6.10. The number of halogens is 1. The molecule has 0 bridgehead atoms. The molecule has 100 valence electrons. The van der Waals surface area contributed by atoms with Crippen molar-refractivity contribution in [2.75, 3.05) is 19.0 Å². The molecule has 0 unspecified atom stereocenters. The molecule has 0 saturated heterocycles. The molecule has 0 saturated carbocycles. The fourth-order valence-corrected chi connectivity index (χ4v) is 1.82. The summed E-state index contributed by atoms with van der Waals surface area (Å²) < 4.78 is 5.69. The van der Waals surface area contributed by atoms with Crippen molar-refractivity contribution >= 4 is 28.4 Å². The van der Waals surface area contributed by atoms with Gasteiger partial charge in [0.15, 0.2) is 0 Å². The smallest absolute Gasteiger partial charge is 0.234 e. The molecule has 2 rings (SSSR count). The van der Waals surface area contributed by atoms with E-state index in [9.17, 15) is 4.79 Å². The minimum absolute atomic E-state index is 0.00585. The average molecular weight is 279 g/mol. The number of nitrogens with one attached hydrogen (secondary N) is 1. The van der Waals surface area contributed by atoms with Crippen molar-refractivity contribution in [3.63, 3.8) is 0 Å². The Labute approximate surface area is 116 Å². The second-order valence-corrected chi connectivity index (χ2v) is 4.28. The van der Waals surface area contributed by atoms with Crippen LogP contribution in [0.5, 0.6) is 5.75 Å². The van der Waals surface area contributed by atoms with Crippen LogP contribution in [0.2, 0.25) is 0 Å². The van der Waals surface area contributed by atoms with Crippen molar-refractivity contribution in [2.24, 2.45) is 0 Å². The Kier molecular flexibility index (Phi) is 4.98. The van der Waals surface area contributed by atoms with Gasteiger partial charge in [0.1, 0.15) is 17.1 Å². The highest BCUT2D eigenvalue weighted by atomic mass is 35.5. The first-order valence-corrected chi connectivity index (χ1v) is 6.64. The predicted octanol–water partition coefficient (Wildman–Crippen LogP) is 2.36. The van der Waals surface area contributed by atoms with Gasteiger partial charge in [-0.1, -0.05) is 18.2 Å². The van der Waals surface area contributed by atoms with E-state index < -0.39 is 0 Å². The van der Waals surface area contributed by atoms with Crippen molar-refractivity contribution in [2.45, 2.75) is 6.42 Å². The molecular formula is C14H15ClN2O2. The van der Waals surface area contributed by atoms with Crippen LogP contribution in [0.25, 0.3) is 10.9 Å². The van der Waals surface area contributed by atoms with Gasteiger partial charge in [-0.25, -0.2) is 0 Å². The SMILES string of the molecule is O=C(CCl)NCCCOc1cccc2cccnc12. The average Bonchev–Trinajstić information content (AvgIpc) is 2.46. The van der Waals surface area contributed by atoms with Gasteiger partial charge in [0, 0.05) is 18.1 Å². The van der Waals surface area contributed by atoms with Crippen LogP contribution in [0.3, 0.4) is 0 Å². The number of carbonyl (C=O) groups is 1. The molecule has 0 aliphatic carbocycles. The molecule has 0 aliphatic heterocycles. The number of hydrogen-bond acceptors (Lipinski definition) is 3. The molecule has 1 amide bonds. The summed E-state index contributed by atoms with van der Waals surface area (Å²) >= 11 is 5.37. The standard InChI is InChI=1S/C14H15ClN2O2/c15-10-13(18)16-8-3-9-19-12-6-1-4-11-5-2-7-17-14(11)12/h1-2,4-7H,3,8-10H2,(H,16,18). The zero-order valence-corrected chi connectivity index (χ0v) is 11.2. The van der Waals surface area contributed by atoms with Gasteiger partial charge in [-0.05, 0) is 18.6 Å². The van der Waals surface area contributed by atoms with Crippen molar-refractivity contribution in [1.29, 1.82) is 0 Å². The van der Waals surface area contributed by atoms with E-state index in [1.807, 2.05) is 30.3 Å². The fourth-order valence-electron chi connectivity index (χ4n) is 1.72. The Hall–Kier alpha value is -1.81. The van der Waals surface area contributed by atoms with Crippen molar-refractivity contribution < 1.29 is 9.53 Å². The molecule has 1 N–H and O–H groups in total. The number of para-hydroxylation sites is 1. The summed E-state index contributed by atoms with van der Waals surface area (Å²) in [5.74, 6) is 0.601.